The zero-order chi connectivity index (χ0) is 13.3. The number of nitrogens with one attached hydrogen (secondary N) is 2. The normalized spacial score (nSPS) is 31.6. The lowest BCUT2D eigenvalue weighted by Crippen LogP contribution is -2.59. The molecule has 17 heavy (non-hydrogen) atoms. The summed E-state index contributed by atoms with van der Waals surface area (Å²) in [5.74, 6) is 0. The van der Waals surface area contributed by atoms with Crippen LogP contribution in [0.3, 0.4) is 0 Å². The molecule has 0 aromatic rings. The molecule has 0 spiro atoms. The van der Waals surface area contributed by atoms with Crippen LogP contribution in [0.4, 0.5) is 9.59 Å². The van der Waals surface area contributed by atoms with Gasteiger partial charge >= 0.3 is 12.1 Å². The molecule has 0 bridgehead atoms. The standard InChI is InChI=1S/C11H22N4O2/c1-10(2)6-11(3,15-9(13)17)5-4-7(10)14-8(12)16/h7H,4-6H2,1-3H3,(H3,12,14,16)(H3,13,15,17)/t7-,11+/m0/s1. The van der Waals surface area contributed by atoms with Gasteiger partial charge in [-0.25, -0.2) is 9.59 Å². The summed E-state index contributed by atoms with van der Waals surface area (Å²) in [6.07, 6.45) is 2.28. The Morgan fingerprint density at radius 3 is 2.18 bits per heavy atom. The fraction of sp³-hybridized carbons (Fsp3) is 0.818. The lowest BCUT2D eigenvalue weighted by atomic mass is 9.66. The van der Waals surface area contributed by atoms with Gasteiger partial charge < -0.3 is 22.1 Å². The van der Waals surface area contributed by atoms with Gasteiger partial charge in [-0.3, -0.25) is 0 Å². The van der Waals surface area contributed by atoms with Crippen molar-refractivity contribution in [2.75, 3.05) is 0 Å². The van der Waals surface area contributed by atoms with Gasteiger partial charge in [0.25, 0.3) is 0 Å². The third-order valence-corrected chi connectivity index (χ3v) is 3.52. The molecule has 1 aliphatic rings. The fourth-order valence-corrected chi connectivity index (χ4v) is 2.91. The second kappa shape index (κ2) is 4.43. The molecule has 1 fully saturated rings. The molecule has 0 radical (unpaired) electrons. The predicted molar refractivity (Wildman–Crippen MR) is 65.3 cm³/mol. The van der Waals surface area contributed by atoms with Crippen LogP contribution in [0.15, 0.2) is 0 Å². The van der Waals surface area contributed by atoms with E-state index in [4.69, 9.17) is 11.5 Å². The second-order valence-electron chi connectivity index (χ2n) is 5.82. The number of primary amides is 2. The minimum absolute atomic E-state index is 0.0303. The first-order valence-electron chi connectivity index (χ1n) is 5.78. The van der Waals surface area contributed by atoms with E-state index in [-0.39, 0.29) is 17.0 Å². The van der Waals surface area contributed by atoms with E-state index in [1.165, 1.54) is 0 Å². The van der Waals surface area contributed by atoms with Crippen LogP contribution in [0.1, 0.15) is 40.0 Å². The molecule has 0 aromatic carbocycles. The highest BCUT2D eigenvalue weighted by atomic mass is 16.2. The lowest BCUT2D eigenvalue weighted by Gasteiger charge is -2.47. The topological polar surface area (TPSA) is 110 Å². The van der Waals surface area contributed by atoms with Crippen molar-refractivity contribution in [3.63, 3.8) is 0 Å². The Hall–Kier alpha value is -1.46. The molecule has 2 atom stereocenters. The van der Waals surface area contributed by atoms with Crippen molar-refractivity contribution < 1.29 is 9.59 Å². The third kappa shape index (κ3) is 3.51. The van der Waals surface area contributed by atoms with Gasteiger partial charge in [0, 0.05) is 11.6 Å². The maximum Gasteiger partial charge on any atom is 0.312 e. The smallest absolute Gasteiger partial charge is 0.312 e. The van der Waals surface area contributed by atoms with E-state index in [0.717, 1.165) is 19.3 Å². The second-order valence-corrected chi connectivity index (χ2v) is 5.82. The van der Waals surface area contributed by atoms with Gasteiger partial charge in [-0.2, -0.15) is 0 Å². The van der Waals surface area contributed by atoms with Gasteiger partial charge in [0.05, 0.1) is 0 Å². The summed E-state index contributed by atoms with van der Waals surface area (Å²) in [5.41, 5.74) is 9.88. The van der Waals surface area contributed by atoms with Gasteiger partial charge in [0.15, 0.2) is 0 Å². The predicted octanol–water partition coefficient (Wildman–Crippen LogP) is 0.660. The van der Waals surface area contributed by atoms with Crippen LogP contribution in [-0.2, 0) is 0 Å². The molecule has 98 valence electrons. The van der Waals surface area contributed by atoms with Gasteiger partial charge in [-0.1, -0.05) is 13.8 Å². The first-order valence-corrected chi connectivity index (χ1v) is 5.78. The maximum atomic E-state index is 11.0. The zero-order valence-electron chi connectivity index (χ0n) is 10.7. The quantitative estimate of drug-likeness (QED) is 0.570. The lowest BCUT2D eigenvalue weighted by molar-refractivity contribution is 0.0989. The van der Waals surface area contributed by atoms with E-state index in [1.54, 1.807) is 0 Å². The van der Waals surface area contributed by atoms with E-state index in [1.807, 2.05) is 20.8 Å². The minimum Gasteiger partial charge on any atom is -0.352 e. The molecule has 0 heterocycles. The molecule has 0 unspecified atom stereocenters. The molecule has 1 saturated carbocycles. The van der Waals surface area contributed by atoms with Crippen LogP contribution in [0.5, 0.6) is 0 Å². The van der Waals surface area contributed by atoms with Crippen molar-refractivity contribution in [1.29, 1.82) is 0 Å². The molecule has 1 aliphatic carbocycles. The van der Waals surface area contributed by atoms with Crippen LogP contribution in [0.2, 0.25) is 0 Å². The Balaban J connectivity index is 2.73. The number of amides is 4. The molecular formula is C11H22N4O2. The van der Waals surface area contributed by atoms with E-state index in [9.17, 15) is 9.59 Å². The summed E-state index contributed by atoms with van der Waals surface area (Å²) < 4.78 is 0. The molecule has 0 aliphatic heterocycles. The number of hydrogen-bond donors (Lipinski definition) is 4. The number of carbonyl (C=O) groups excluding carboxylic acids is 2. The van der Waals surface area contributed by atoms with E-state index in [2.05, 4.69) is 10.6 Å². The molecule has 1 rings (SSSR count). The highest BCUT2D eigenvalue weighted by Gasteiger charge is 2.43. The van der Waals surface area contributed by atoms with Crippen molar-refractivity contribution >= 4 is 12.1 Å². The van der Waals surface area contributed by atoms with Crippen molar-refractivity contribution in [2.45, 2.75) is 51.6 Å². The summed E-state index contributed by atoms with van der Waals surface area (Å²) in [4.78, 5) is 21.9. The summed E-state index contributed by atoms with van der Waals surface area (Å²) in [6.45, 7) is 6.07. The monoisotopic (exact) mass is 242 g/mol. The van der Waals surface area contributed by atoms with Crippen LogP contribution in [-0.4, -0.2) is 23.6 Å². The number of rotatable bonds is 2. The number of urea groups is 2. The molecule has 0 aromatic heterocycles. The molecular weight excluding hydrogens is 220 g/mol. The summed E-state index contributed by atoms with van der Waals surface area (Å²) >= 11 is 0. The molecule has 0 saturated heterocycles. The molecule has 4 amide bonds. The Labute approximate surface area is 101 Å². The SMILES string of the molecule is CC1(C)C[C@](C)(NC(N)=O)CC[C@@H]1NC(N)=O. The van der Waals surface area contributed by atoms with Crippen molar-refractivity contribution in [3.8, 4) is 0 Å². The fourth-order valence-electron chi connectivity index (χ4n) is 2.91. The maximum absolute atomic E-state index is 11.0. The number of hydrogen-bond acceptors (Lipinski definition) is 2. The van der Waals surface area contributed by atoms with Gasteiger partial charge in [0.1, 0.15) is 0 Å². The molecule has 6 heteroatoms. The average molecular weight is 242 g/mol. The van der Waals surface area contributed by atoms with Crippen molar-refractivity contribution in [3.05, 3.63) is 0 Å². The Morgan fingerprint density at radius 2 is 1.76 bits per heavy atom. The highest BCUT2D eigenvalue weighted by Crippen LogP contribution is 2.40. The van der Waals surface area contributed by atoms with Gasteiger partial charge in [-0.05, 0) is 31.6 Å². The van der Waals surface area contributed by atoms with E-state index < -0.39 is 12.1 Å². The molecule has 6 N–H and O–H groups in total. The summed E-state index contributed by atoms with van der Waals surface area (Å²) in [5, 5.41) is 5.54. The average Bonchev–Trinajstić information content (AvgIpc) is 2.06. The van der Waals surface area contributed by atoms with E-state index >= 15 is 0 Å². The van der Waals surface area contributed by atoms with Crippen LogP contribution in [0, 0.1) is 5.41 Å². The summed E-state index contributed by atoms with van der Waals surface area (Å²) in [6, 6.07) is -0.984. The summed E-state index contributed by atoms with van der Waals surface area (Å²) in [7, 11) is 0. The third-order valence-electron chi connectivity index (χ3n) is 3.52. The number of nitrogens with two attached hydrogens (primary N) is 2. The molecule has 6 nitrogen and oxygen atoms in total. The number of carbonyl (C=O) groups is 2. The van der Waals surface area contributed by atoms with Crippen molar-refractivity contribution in [2.24, 2.45) is 16.9 Å². The van der Waals surface area contributed by atoms with Crippen LogP contribution >= 0.6 is 0 Å². The van der Waals surface area contributed by atoms with Gasteiger partial charge in [0.2, 0.25) is 0 Å². The van der Waals surface area contributed by atoms with Gasteiger partial charge in [-0.15, -0.1) is 0 Å². The Morgan fingerprint density at radius 1 is 1.18 bits per heavy atom. The first-order chi connectivity index (χ1) is 7.65. The Bertz CT molecular complexity index is 329. The first kappa shape index (κ1) is 13.6. The van der Waals surface area contributed by atoms with E-state index in [0.29, 0.717) is 0 Å². The minimum atomic E-state index is -0.510. The highest BCUT2D eigenvalue weighted by molar-refractivity contribution is 5.73. The zero-order valence-corrected chi connectivity index (χ0v) is 10.7. The van der Waals surface area contributed by atoms with Crippen LogP contribution in [0.25, 0.3) is 0 Å². The van der Waals surface area contributed by atoms with Crippen LogP contribution < -0.4 is 22.1 Å². The largest absolute Gasteiger partial charge is 0.352 e. The Kier molecular flexibility index (Phi) is 3.54. The van der Waals surface area contributed by atoms with Crippen molar-refractivity contribution in [1.82, 2.24) is 10.6 Å².